The fraction of sp³-hybridized carbons (Fsp3) is 0.364. The van der Waals surface area contributed by atoms with Crippen LogP contribution < -0.4 is 10.9 Å². The summed E-state index contributed by atoms with van der Waals surface area (Å²) in [6.07, 6.45) is 1.45. The first-order valence-electron chi connectivity index (χ1n) is 5.60. The lowest BCUT2D eigenvalue weighted by Crippen LogP contribution is -2.28. The quantitative estimate of drug-likeness (QED) is 0.798. The SMILES string of the molecule is CNc1ncc2nc(C(C)C(=O)O)c(=O)n(C)c2n1. The van der Waals surface area contributed by atoms with E-state index in [1.165, 1.54) is 24.7 Å². The molecule has 0 aliphatic carbocycles. The first-order chi connectivity index (χ1) is 8.95. The predicted molar refractivity (Wildman–Crippen MR) is 68.2 cm³/mol. The van der Waals surface area contributed by atoms with Crippen LogP contribution in [0.1, 0.15) is 18.5 Å². The van der Waals surface area contributed by atoms with Crippen LogP contribution in [-0.4, -0.2) is 37.6 Å². The summed E-state index contributed by atoms with van der Waals surface area (Å²) in [6.45, 7) is 1.42. The molecule has 0 aliphatic heterocycles. The largest absolute Gasteiger partial charge is 0.481 e. The van der Waals surface area contributed by atoms with Gasteiger partial charge in [-0.2, -0.15) is 4.98 Å². The van der Waals surface area contributed by atoms with Gasteiger partial charge in [-0.25, -0.2) is 9.97 Å². The van der Waals surface area contributed by atoms with Crippen molar-refractivity contribution < 1.29 is 9.90 Å². The molecule has 2 N–H and O–H groups in total. The van der Waals surface area contributed by atoms with Crippen molar-refractivity contribution in [2.24, 2.45) is 7.05 Å². The Morgan fingerprint density at radius 1 is 1.47 bits per heavy atom. The van der Waals surface area contributed by atoms with E-state index in [-0.39, 0.29) is 5.69 Å². The molecular weight excluding hydrogens is 250 g/mol. The number of aliphatic carboxylic acids is 1. The molecule has 2 aromatic heterocycles. The van der Waals surface area contributed by atoms with E-state index < -0.39 is 17.4 Å². The first kappa shape index (κ1) is 12.9. The Morgan fingerprint density at radius 2 is 2.16 bits per heavy atom. The lowest BCUT2D eigenvalue weighted by atomic mass is 10.1. The molecule has 0 aliphatic rings. The molecule has 1 atom stereocenters. The van der Waals surface area contributed by atoms with Crippen molar-refractivity contribution in [2.45, 2.75) is 12.8 Å². The van der Waals surface area contributed by atoms with Crippen LogP contribution in [0.3, 0.4) is 0 Å². The Kier molecular flexibility index (Phi) is 3.16. The molecule has 0 aromatic carbocycles. The van der Waals surface area contributed by atoms with Gasteiger partial charge >= 0.3 is 5.97 Å². The van der Waals surface area contributed by atoms with Gasteiger partial charge in [-0.1, -0.05) is 0 Å². The number of carboxylic acid groups (broad SMARTS) is 1. The van der Waals surface area contributed by atoms with Crippen molar-refractivity contribution in [1.29, 1.82) is 0 Å². The van der Waals surface area contributed by atoms with E-state index in [0.717, 1.165) is 0 Å². The number of nitrogens with zero attached hydrogens (tertiary/aromatic N) is 4. The highest BCUT2D eigenvalue weighted by atomic mass is 16.4. The Bertz CT molecular complexity index is 709. The smallest absolute Gasteiger partial charge is 0.312 e. The summed E-state index contributed by atoms with van der Waals surface area (Å²) < 4.78 is 1.28. The molecule has 2 rings (SSSR count). The van der Waals surface area contributed by atoms with Crippen LogP contribution in [0.5, 0.6) is 0 Å². The Hall–Kier alpha value is -2.51. The molecule has 0 fully saturated rings. The number of fused-ring (bicyclic) bond motifs is 1. The Labute approximate surface area is 108 Å². The van der Waals surface area contributed by atoms with Crippen LogP contribution in [0, 0.1) is 0 Å². The molecule has 1 unspecified atom stereocenters. The third-order valence-corrected chi connectivity index (χ3v) is 2.84. The molecule has 8 nitrogen and oxygen atoms in total. The minimum atomic E-state index is -1.10. The molecule has 0 saturated heterocycles. The highest BCUT2D eigenvalue weighted by molar-refractivity contribution is 5.76. The van der Waals surface area contributed by atoms with Crippen molar-refractivity contribution >= 4 is 23.1 Å². The summed E-state index contributed by atoms with van der Waals surface area (Å²) in [6, 6.07) is 0. The van der Waals surface area contributed by atoms with Crippen LogP contribution in [0.15, 0.2) is 11.0 Å². The first-order valence-corrected chi connectivity index (χ1v) is 5.60. The van der Waals surface area contributed by atoms with Gasteiger partial charge in [0.25, 0.3) is 5.56 Å². The summed E-state index contributed by atoms with van der Waals surface area (Å²) in [5.74, 6) is -1.72. The van der Waals surface area contributed by atoms with E-state index in [1.54, 1.807) is 7.05 Å². The van der Waals surface area contributed by atoms with Crippen molar-refractivity contribution in [2.75, 3.05) is 12.4 Å². The summed E-state index contributed by atoms with van der Waals surface area (Å²) in [4.78, 5) is 35.2. The number of aryl methyl sites for hydroxylation is 1. The van der Waals surface area contributed by atoms with Gasteiger partial charge in [-0.05, 0) is 6.92 Å². The molecule has 19 heavy (non-hydrogen) atoms. The molecule has 0 saturated carbocycles. The second-order valence-electron chi connectivity index (χ2n) is 4.07. The van der Waals surface area contributed by atoms with E-state index in [2.05, 4.69) is 20.3 Å². The highest BCUT2D eigenvalue weighted by Crippen LogP contribution is 2.13. The van der Waals surface area contributed by atoms with Crippen molar-refractivity contribution in [1.82, 2.24) is 19.5 Å². The maximum Gasteiger partial charge on any atom is 0.312 e. The fourth-order valence-electron chi connectivity index (χ4n) is 1.66. The van der Waals surface area contributed by atoms with Gasteiger partial charge in [-0.15, -0.1) is 0 Å². The molecular formula is C11H13N5O3. The zero-order valence-electron chi connectivity index (χ0n) is 10.7. The number of rotatable bonds is 3. The molecule has 0 amide bonds. The van der Waals surface area contributed by atoms with E-state index in [0.29, 0.717) is 17.1 Å². The number of hydrogen-bond acceptors (Lipinski definition) is 6. The molecule has 0 spiro atoms. The lowest BCUT2D eigenvalue weighted by Gasteiger charge is -2.10. The highest BCUT2D eigenvalue weighted by Gasteiger charge is 2.21. The Balaban J connectivity index is 2.75. The average molecular weight is 263 g/mol. The molecule has 0 radical (unpaired) electrons. The van der Waals surface area contributed by atoms with E-state index in [9.17, 15) is 9.59 Å². The van der Waals surface area contributed by atoms with Gasteiger partial charge < -0.3 is 10.4 Å². The average Bonchev–Trinajstić information content (AvgIpc) is 2.41. The maximum atomic E-state index is 12.1. The molecule has 0 bridgehead atoms. The van der Waals surface area contributed by atoms with Crippen LogP contribution in [0.25, 0.3) is 11.2 Å². The Morgan fingerprint density at radius 3 is 2.74 bits per heavy atom. The normalized spacial score (nSPS) is 12.4. The van der Waals surface area contributed by atoms with Crippen LogP contribution in [-0.2, 0) is 11.8 Å². The number of aromatic nitrogens is 4. The monoisotopic (exact) mass is 263 g/mol. The number of hydrogen-bond donors (Lipinski definition) is 2. The second kappa shape index (κ2) is 4.63. The summed E-state index contributed by atoms with van der Waals surface area (Å²) >= 11 is 0. The van der Waals surface area contributed by atoms with Gasteiger partial charge in [-0.3, -0.25) is 14.2 Å². The van der Waals surface area contributed by atoms with Crippen molar-refractivity contribution in [3.05, 3.63) is 22.2 Å². The topological polar surface area (TPSA) is 110 Å². The van der Waals surface area contributed by atoms with Gasteiger partial charge in [0.15, 0.2) is 5.65 Å². The molecule has 2 aromatic rings. The third kappa shape index (κ3) is 2.12. The van der Waals surface area contributed by atoms with Gasteiger partial charge in [0.1, 0.15) is 17.1 Å². The second-order valence-corrected chi connectivity index (χ2v) is 4.07. The lowest BCUT2D eigenvalue weighted by molar-refractivity contribution is -0.138. The van der Waals surface area contributed by atoms with Crippen LogP contribution in [0.4, 0.5) is 5.95 Å². The number of anilines is 1. The van der Waals surface area contributed by atoms with E-state index in [4.69, 9.17) is 5.11 Å². The summed E-state index contributed by atoms with van der Waals surface area (Å²) in [7, 11) is 3.18. The minimum Gasteiger partial charge on any atom is -0.481 e. The van der Waals surface area contributed by atoms with Gasteiger partial charge in [0.05, 0.1) is 6.20 Å². The molecule has 100 valence electrons. The standard InChI is InChI=1S/C11H13N5O3/c1-5(10(18)19)7-9(17)16(3)8-6(14-7)4-13-11(12-2)15-8/h4-5H,1-3H3,(H,18,19)(H,12,13,15). The van der Waals surface area contributed by atoms with Crippen LogP contribution in [0.2, 0.25) is 0 Å². The zero-order valence-corrected chi connectivity index (χ0v) is 10.7. The maximum absolute atomic E-state index is 12.1. The molecule has 2 heterocycles. The van der Waals surface area contributed by atoms with E-state index >= 15 is 0 Å². The third-order valence-electron chi connectivity index (χ3n) is 2.84. The predicted octanol–water partition coefficient (Wildman–Crippen LogP) is -0.0467. The summed E-state index contributed by atoms with van der Waals surface area (Å²) in [5.41, 5.74) is 0.237. The molecule has 8 heteroatoms. The fourth-order valence-corrected chi connectivity index (χ4v) is 1.66. The number of carbonyl (C=O) groups is 1. The minimum absolute atomic E-state index is 0.0247. The number of carboxylic acids is 1. The van der Waals surface area contributed by atoms with Crippen LogP contribution >= 0.6 is 0 Å². The summed E-state index contributed by atoms with van der Waals surface area (Å²) in [5, 5.41) is 11.7. The van der Waals surface area contributed by atoms with Gasteiger partial charge in [0.2, 0.25) is 5.95 Å². The van der Waals surface area contributed by atoms with Crippen molar-refractivity contribution in [3.63, 3.8) is 0 Å². The number of nitrogens with one attached hydrogen (secondary N) is 1. The van der Waals surface area contributed by atoms with E-state index in [1.807, 2.05) is 0 Å². The zero-order chi connectivity index (χ0) is 14.2. The van der Waals surface area contributed by atoms with Crippen molar-refractivity contribution in [3.8, 4) is 0 Å². The van der Waals surface area contributed by atoms with Gasteiger partial charge in [0, 0.05) is 14.1 Å².